The van der Waals surface area contributed by atoms with Crippen molar-refractivity contribution in [2.24, 2.45) is 5.92 Å². The molecule has 6 nitrogen and oxygen atoms in total. The second-order valence-corrected chi connectivity index (χ2v) is 7.44. The highest BCUT2D eigenvalue weighted by Crippen LogP contribution is 2.15. The first-order chi connectivity index (χ1) is 14.0. The van der Waals surface area contributed by atoms with Gasteiger partial charge < -0.3 is 4.57 Å². The molecule has 0 aliphatic rings. The van der Waals surface area contributed by atoms with Crippen molar-refractivity contribution in [3.8, 4) is 5.69 Å². The molecule has 0 saturated carbocycles. The highest BCUT2D eigenvalue weighted by atomic mass is 19.1. The number of benzene rings is 2. The molecule has 0 N–H and O–H groups in total. The summed E-state index contributed by atoms with van der Waals surface area (Å²) in [7, 11) is 0. The van der Waals surface area contributed by atoms with E-state index in [0.29, 0.717) is 29.0 Å². The van der Waals surface area contributed by atoms with Gasteiger partial charge >= 0.3 is 5.69 Å². The summed E-state index contributed by atoms with van der Waals surface area (Å²) in [5, 5.41) is 0. The topological polar surface area (TPSA) is 61.8 Å². The van der Waals surface area contributed by atoms with Gasteiger partial charge in [0.15, 0.2) is 11.2 Å². The van der Waals surface area contributed by atoms with E-state index >= 15 is 0 Å². The molecule has 0 aliphatic carbocycles. The van der Waals surface area contributed by atoms with Crippen molar-refractivity contribution in [3.05, 3.63) is 93.1 Å². The molecule has 0 saturated heterocycles. The van der Waals surface area contributed by atoms with E-state index < -0.39 is 5.69 Å². The van der Waals surface area contributed by atoms with Gasteiger partial charge in [0.1, 0.15) is 5.82 Å². The zero-order valence-electron chi connectivity index (χ0n) is 16.2. The fourth-order valence-electron chi connectivity index (χ4n) is 3.47. The minimum atomic E-state index is -0.418. The lowest BCUT2D eigenvalue weighted by atomic mass is 10.2. The highest BCUT2D eigenvalue weighted by molar-refractivity contribution is 5.72. The van der Waals surface area contributed by atoms with E-state index in [-0.39, 0.29) is 23.8 Å². The maximum atomic E-state index is 13.6. The SMILES string of the molecule is CC(C)Cn1c(=O)c2c(ncn2Cc2cccc(F)c2)n(-c2ccccc2)c1=O. The van der Waals surface area contributed by atoms with Crippen LogP contribution in [-0.4, -0.2) is 18.7 Å². The molecule has 4 aromatic rings. The second kappa shape index (κ2) is 7.50. The maximum Gasteiger partial charge on any atom is 0.337 e. The van der Waals surface area contributed by atoms with Crippen LogP contribution in [0.3, 0.4) is 0 Å². The third-order valence-electron chi connectivity index (χ3n) is 4.70. The molecule has 4 rings (SSSR count). The third-order valence-corrected chi connectivity index (χ3v) is 4.70. The summed E-state index contributed by atoms with van der Waals surface area (Å²) in [6, 6.07) is 15.3. The van der Waals surface area contributed by atoms with Crippen molar-refractivity contribution in [2.45, 2.75) is 26.9 Å². The molecule has 0 aliphatic heterocycles. The minimum absolute atomic E-state index is 0.113. The van der Waals surface area contributed by atoms with Crippen molar-refractivity contribution >= 4 is 11.2 Å². The number of fused-ring (bicyclic) bond motifs is 1. The normalized spacial score (nSPS) is 11.4. The molecule has 0 spiro atoms. The molecule has 2 aromatic carbocycles. The van der Waals surface area contributed by atoms with Crippen molar-refractivity contribution < 1.29 is 4.39 Å². The number of halogens is 1. The van der Waals surface area contributed by atoms with Crippen LogP contribution in [0, 0.1) is 11.7 Å². The Bertz CT molecular complexity index is 1290. The Morgan fingerprint density at radius 1 is 1.03 bits per heavy atom. The number of nitrogens with zero attached hydrogens (tertiary/aromatic N) is 4. The summed E-state index contributed by atoms with van der Waals surface area (Å²) >= 11 is 0. The Kier molecular flexibility index (Phi) is 4.88. The Balaban J connectivity index is 1.99. The molecule has 0 amide bonds. The molecular formula is C22H21FN4O2. The van der Waals surface area contributed by atoms with E-state index in [1.54, 1.807) is 28.8 Å². The van der Waals surface area contributed by atoms with Crippen LogP contribution in [0.2, 0.25) is 0 Å². The van der Waals surface area contributed by atoms with Gasteiger partial charge in [-0.25, -0.2) is 18.7 Å². The molecular weight excluding hydrogens is 371 g/mol. The molecule has 0 radical (unpaired) electrons. The first-order valence-electron chi connectivity index (χ1n) is 9.46. The molecule has 29 heavy (non-hydrogen) atoms. The van der Waals surface area contributed by atoms with Gasteiger partial charge in [-0.2, -0.15) is 0 Å². The summed E-state index contributed by atoms with van der Waals surface area (Å²) in [6.45, 7) is 4.48. The van der Waals surface area contributed by atoms with Crippen LogP contribution in [0.5, 0.6) is 0 Å². The molecule has 0 atom stereocenters. The lowest BCUT2D eigenvalue weighted by Gasteiger charge is -2.14. The smallest absolute Gasteiger partial charge is 0.320 e. The van der Waals surface area contributed by atoms with Gasteiger partial charge in [-0.3, -0.25) is 9.36 Å². The van der Waals surface area contributed by atoms with Crippen molar-refractivity contribution in [1.29, 1.82) is 0 Å². The lowest BCUT2D eigenvalue weighted by molar-refractivity contribution is 0.489. The number of imidazole rings is 1. The number of rotatable bonds is 5. The van der Waals surface area contributed by atoms with Crippen LogP contribution in [0.4, 0.5) is 4.39 Å². The Labute approximate surface area is 166 Å². The van der Waals surface area contributed by atoms with Gasteiger partial charge in [-0.1, -0.05) is 44.2 Å². The Hall–Kier alpha value is -3.48. The molecule has 0 fully saturated rings. The number of aromatic nitrogens is 4. The second-order valence-electron chi connectivity index (χ2n) is 7.44. The zero-order valence-corrected chi connectivity index (χ0v) is 16.2. The Morgan fingerprint density at radius 3 is 2.48 bits per heavy atom. The predicted molar refractivity (Wildman–Crippen MR) is 110 cm³/mol. The monoisotopic (exact) mass is 392 g/mol. The van der Waals surface area contributed by atoms with E-state index in [1.807, 2.05) is 32.0 Å². The van der Waals surface area contributed by atoms with E-state index in [4.69, 9.17) is 0 Å². The molecule has 7 heteroatoms. The first-order valence-corrected chi connectivity index (χ1v) is 9.46. The Morgan fingerprint density at radius 2 is 1.79 bits per heavy atom. The van der Waals surface area contributed by atoms with Crippen LogP contribution in [0.15, 0.2) is 70.5 Å². The van der Waals surface area contributed by atoms with Gasteiger partial charge in [0.25, 0.3) is 5.56 Å². The van der Waals surface area contributed by atoms with E-state index in [1.165, 1.54) is 27.6 Å². The predicted octanol–water partition coefficient (Wildman–Crippen LogP) is 3.19. The van der Waals surface area contributed by atoms with Crippen LogP contribution >= 0.6 is 0 Å². The van der Waals surface area contributed by atoms with Crippen LogP contribution in [0.25, 0.3) is 16.9 Å². The van der Waals surface area contributed by atoms with Gasteiger partial charge in [0.05, 0.1) is 12.0 Å². The molecule has 2 aromatic heterocycles. The average molecular weight is 392 g/mol. The third kappa shape index (κ3) is 3.51. The average Bonchev–Trinajstić information content (AvgIpc) is 3.09. The van der Waals surface area contributed by atoms with E-state index in [2.05, 4.69) is 4.98 Å². The standard InChI is InChI=1S/C22H21FN4O2/c1-15(2)12-26-21(28)19-20(27(22(26)29)18-9-4-3-5-10-18)24-14-25(19)13-16-7-6-8-17(23)11-16/h3-11,14-15H,12-13H2,1-2H3. The summed E-state index contributed by atoms with van der Waals surface area (Å²) in [5.41, 5.74) is 1.15. The fraction of sp³-hybridized carbons (Fsp3) is 0.227. The van der Waals surface area contributed by atoms with Crippen LogP contribution < -0.4 is 11.2 Å². The molecule has 0 unspecified atom stereocenters. The number of hydrogen-bond acceptors (Lipinski definition) is 3. The van der Waals surface area contributed by atoms with Gasteiger partial charge in [-0.05, 0) is 35.7 Å². The minimum Gasteiger partial charge on any atom is -0.320 e. The fourth-order valence-corrected chi connectivity index (χ4v) is 3.47. The van der Waals surface area contributed by atoms with E-state index in [9.17, 15) is 14.0 Å². The van der Waals surface area contributed by atoms with Gasteiger partial charge in [0, 0.05) is 13.1 Å². The molecule has 0 bridgehead atoms. The van der Waals surface area contributed by atoms with Crippen molar-refractivity contribution in [3.63, 3.8) is 0 Å². The number of hydrogen-bond donors (Lipinski definition) is 0. The summed E-state index contributed by atoms with van der Waals surface area (Å²) in [4.78, 5) is 30.8. The van der Waals surface area contributed by atoms with E-state index in [0.717, 1.165) is 0 Å². The summed E-state index contributed by atoms with van der Waals surface area (Å²) < 4.78 is 18.0. The largest absolute Gasteiger partial charge is 0.337 e. The quantitative estimate of drug-likeness (QED) is 0.524. The van der Waals surface area contributed by atoms with Crippen molar-refractivity contribution in [2.75, 3.05) is 0 Å². The summed E-state index contributed by atoms with van der Waals surface area (Å²) in [5.74, 6) is -0.230. The summed E-state index contributed by atoms with van der Waals surface area (Å²) in [6.07, 6.45) is 1.52. The first kappa shape index (κ1) is 18.9. The highest BCUT2D eigenvalue weighted by Gasteiger charge is 2.19. The molecule has 148 valence electrons. The molecule has 2 heterocycles. The zero-order chi connectivity index (χ0) is 20.5. The van der Waals surface area contributed by atoms with Crippen LogP contribution in [0.1, 0.15) is 19.4 Å². The number of para-hydroxylation sites is 1. The van der Waals surface area contributed by atoms with Gasteiger partial charge in [-0.15, -0.1) is 0 Å². The maximum absolute atomic E-state index is 13.6. The van der Waals surface area contributed by atoms with Crippen LogP contribution in [-0.2, 0) is 13.1 Å². The lowest BCUT2D eigenvalue weighted by Crippen LogP contribution is -2.41. The van der Waals surface area contributed by atoms with Gasteiger partial charge in [0.2, 0.25) is 0 Å². The van der Waals surface area contributed by atoms with Crippen molar-refractivity contribution in [1.82, 2.24) is 18.7 Å².